The van der Waals surface area contributed by atoms with Gasteiger partial charge < -0.3 is 14.2 Å². The van der Waals surface area contributed by atoms with E-state index < -0.39 is 6.10 Å². The van der Waals surface area contributed by atoms with Crippen molar-refractivity contribution in [2.75, 3.05) is 13.9 Å². The van der Waals surface area contributed by atoms with Gasteiger partial charge in [-0.25, -0.2) is 4.39 Å². The van der Waals surface area contributed by atoms with Crippen LogP contribution in [0, 0.1) is 5.82 Å². The number of ether oxygens (including phenoxy) is 3. The molecule has 0 amide bonds. The topological polar surface area (TPSA) is 40.0 Å². The van der Waals surface area contributed by atoms with E-state index in [1.54, 1.807) is 25.1 Å². The monoisotopic (exact) mass is 297 g/mol. The first-order valence-electron chi connectivity index (χ1n) is 7.01. The van der Waals surface area contributed by atoms with Gasteiger partial charge in [-0.05, 0) is 26.8 Å². The molecule has 1 aromatic rings. The van der Waals surface area contributed by atoms with E-state index in [0.29, 0.717) is 11.5 Å². The fraction of sp³-hybridized carbons (Fsp3) is 0.562. The van der Waals surface area contributed by atoms with E-state index in [2.05, 4.69) is 4.99 Å². The molecule has 0 fully saturated rings. The molecule has 0 heterocycles. The first-order valence-corrected chi connectivity index (χ1v) is 7.01. The van der Waals surface area contributed by atoms with Gasteiger partial charge in [-0.15, -0.1) is 0 Å². The Kier molecular flexibility index (Phi) is 7.32. The quantitative estimate of drug-likeness (QED) is 0.437. The highest BCUT2D eigenvalue weighted by Gasteiger charge is 2.25. The summed E-state index contributed by atoms with van der Waals surface area (Å²) < 4.78 is 30.2. The van der Waals surface area contributed by atoms with Crippen LogP contribution in [-0.2, 0) is 14.2 Å². The summed E-state index contributed by atoms with van der Waals surface area (Å²) in [5.41, 5.74) is 0.444. The van der Waals surface area contributed by atoms with Crippen LogP contribution in [0.4, 0.5) is 4.39 Å². The molecule has 0 aliphatic heterocycles. The summed E-state index contributed by atoms with van der Waals surface area (Å²) in [6.07, 6.45) is -0.956. The van der Waals surface area contributed by atoms with Gasteiger partial charge in [0, 0.05) is 25.6 Å². The van der Waals surface area contributed by atoms with Crippen LogP contribution in [-0.4, -0.2) is 31.9 Å². The number of nitrogens with zero attached hydrogens (tertiary/aromatic N) is 1. The standard InChI is InChI=1S/C16H24FNO3/c1-11(2)18-13(4)21-12(3)16(20-10-19-5)14-8-6-7-9-15(14)17/h6-9,11-12,16H,10H2,1-5H3. The van der Waals surface area contributed by atoms with E-state index in [4.69, 9.17) is 14.2 Å². The zero-order chi connectivity index (χ0) is 15.8. The van der Waals surface area contributed by atoms with Gasteiger partial charge in [-0.3, -0.25) is 4.99 Å². The van der Waals surface area contributed by atoms with Crippen molar-refractivity contribution in [2.24, 2.45) is 4.99 Å². The summed E-state index contributed by atoms with van der Waals surface area (Å²) in [7, 11) is 1.52. The van der Waals surface area contributed by atoms with Crippen LogP contribution in [0.3, 0.4) is 0 Å². The smallest absolute Gasteiger partial charge is 0.180 e. The van der Waals surface area contributed by atoms with Gasteiger partial charge in [0.05, 0.1) is 0 Å². The van der Waals surface area contributed by atoms with Crippen molar-refractivity contribution >= 4 is 5.90 Å². The molecule has 118 valence electrons. The molecule has 1 rings (SSSR count). The third-order valence-corrected chi connectivity index (χ3v) is 2.80. The van der Waals surface area contributed by atoms with Crippen molar-refractivity contribution in [3.05, 3.63) is 35.6 Å². The molecule has 0 bridgehead atoms. The van der Waals surface area contributed by atoms with E-state index in [9.17, 15) is 4.39 Å². The molecule has 2 atom stereocenters. The van der Waals surface area contributed by atoms with Crippen LogP contribution in [0.25, 0.3) is 0 Å². The van der Waals surface area contributed by atoms with Crippen LogP contribution < -0.4 is 0 Å². The minimum atomic E-state index is -0.566. The highest BCUT2D eigenvalue weighted by molar-refractivity contribution is 5.73. The zero-order valence-electron chi connectivity index (χ0n) is 13.3. The summed E-state index contributed by atoms with van der Waals surface area (Å²) >= 11 is 0. The Morgan fingerprint density at radius 1 is 1.24 bits per heavy atom. The van der Waals surface area contributed by atoms with Crippen molar-refractivity contribution in [1.82, 2.24) is 0 Å². The Bertz CT molecular complexity index is 463. The minimum Gasteiger partial charge on any atom is -0.475 e. The molecule has 0 radical (unpaired) electrons. The highest BCUT2D eigenvalue weighted by Crippen LogP contribution is 2.26. The fourth-order valence-electron chi connectivity index (χ4n) is 2.05. The van der Waals surface area contributed by atoms with Crippen molar-refractivity contribution in [1.29, 1.82) is 0 Å². The van der Waals surface area contributed by atoms with Crippen molar-refractivity contribution in [3.8, 4) is 0 Å². The molecule has 0 saturated heterocycles. The van der Waals surface area contributed by atoms with Gasteiger partial charge in [0.2, 0.25) is 0 Å². The molecule has 1 aromatic carbocycles. The number of methoxy groups -OCH3 is 1. The Labute approximate surface area is 125 Å². The zero-order valence-corrected chi connectivity index (χ0v) is 13.3. The van der Waals surface area contributed by atoms with E-state index >= 15 is 0 Å². The van der Waals surface area contributed by atoms with Gasteiger partial charge >= 0.3 is 0 Å². The third kappa shape index (κ3) is 5.81. The Morgan fingerprint density at radius 3 is 2.48 bits per heavy atom. The summed E-state index contributed by atoms with van der Waals surface area (Å²) in [6, 6.07) is 6.64. The van der Waals surface area contributed by atoms with Crippen LogP contribution in [0.1, 0.15) is 39.4 Å². The molecule has 0 spiro atoms. The highest BCUT2D eigenvalue weighted by atomic mass is 19.1. The molecule has 0 aliphatic rings. The Balaban J connectivity index is 2.89. The van der Waals surface area contributed by atoms with Crippen LogP contribution in [0.5, 0.6) is 0 Å². The average Bonchev–Trinajstić information content (AvgIpc) is 2.40. The lowest BCUT2D eigenvalue weighted by Crippen LogP contribution is -2.25. The van der Waals surface area contributed by atoms with Crippen molar-refractivity contribution in [3.63, 3.8) is 0 Å². The lowest BCUT2D eigenvalue weighted by molar-refractivity contribution is -0.108. The predicted octanol–water partition coefficient (Wildman–Crippen LogP) is 3.72. The summed E-state index contributed by atoms with van der Waals surface area (Å²) in [4.78, 5) is 4.31. The van der Waals surface area contributed by atoms with Gasteiger partial charge in [-0.2, -0.15) is 0 Å². The fourth-order valence-corrected chi connectivity index (χ4v) is 2.05. The van der Waals surface area contributed by atoms with Crippen molar-refractivity contribution < 1.29 is 18.6 Å². The average molecular weight is 297 g/mol. The van der Waals surface area contributed by atoms with Crippen molar-refractivity contribution in [2.45, 2.75) is 45.9 Å². The van der Waals surface area contributed by atoms with Gasteiger partial charge in [0.15, 0.2) is 5.90 Å². The molecule has 0 N–H and O–H groups in total. The normalized spacial score (nSPS) is 15.1. The van der Waals surface area contributed by atoms with E-state index in [1.165, 1.54) is 13.2 Å². The summed E-state index contributed by atoms with van der Waals surface area (Å²) in [5.74, 6) is 0.229. The number of benzene rings is 1. The van der Waals surface area contributed by atoms with Gasteiger partial charge in [0.1, 0.15) is 24.8 Å². The summed E-state index contributed by atoms with van der Waals surface area (Å²) in [6.45, 7) is 7.60. The number of hydrogen-bond acceptors (Lipinski definition) is 4. The maximum absolute atomic E-state index is 14.0. The molecular weight excluding hydrogens is 273 g/mol. The number of hydrogen-bond donors (Lipinski definition) is 0. The molecule has 4 nitrogen and oxygen atoms in total. The number of halogens is 1. The number of aliphatic imine (C=N–C) groups is 1. The Morgan fingerprint density at radius 2 is 1.90 bits per heavy atom. The molecule has 0 saturated carbocycles. The maximum atomic E-state index is 14.0. The molecule has 5 heteroatoms. The number of rotatable bonds is 7. The van der Waals surface area contributed by atoms with Crippen LogP contribution in [0.15, 0.2) is 29.3 Å². The summed E-state index contributed by atoms with van der Waals surface area (Å²) in [5, 5.41) is 0. The maximum Gasteiger partial charge on any atom is 0.180 e. The second-order valence-electron chi connectivity index (χ2n) is 5.08. The molecule has 0 aliphatic carbocycles. The van der Waals surface area contributed by atoms with E-state index in [1.807, 2.05) is 20.8 Å². The Hall–Kier alpha value is -1.46. The molecular formula is C16H24FNO3. The second kappa shape index (κ2) is 8.74. The molecule has 2 unspecified atom stereocenters. The SMILES string of the molecule is COCOC(c1ccccc1F)C(C)OC(C)=NC(C)C. The second-order valence-corrected chi connectivity index (χ2v) is 5.08. The first-order chi connectivity index (χ1) is 9.95. The van der Waals surface area contributed by atoms with Gasteiger partial charge in [0.25, 0.3) is 0 Å². The van der Waals surface area contributed by atoms with Gasteiger partial charge in [-0.1, -0.05) is 18.2 Å². The van der Waals surface area contributed by atoms with Crippen LogP contribution in [0.2, 0.25) is 0 Å². The third-order valence-electron chi connectivity index (χ3n) is 2.80. The minimum absolute atomic E-state index is 0.0626. The van der Waals surface area contributed by atoms with E-state index in [-0.39, 0.29) is 24.8 Å². The lowest BCUT2D eigenvalue weighted by Gasteiger charge is -2.25. The van der Waals surface area contributed by atoms with Crippen LogP contribution >= 0.6 is 0 Å². The lowest BCUT2D eigenvalue weighted by atomic mass is 10.0. The van der Waals surface area contributed by atoms with E-state index in [0.717, 1.165) is 0 Å². The first kappa shape index (κ1) is 17.6. The predicted molar refractivity (Wildman–Crippen MR) is 80.9 cm³/mol. The molecule has 0 aromatic heterocycles. The molecule has 21 heavy (non-hydrogen) atoms. The largest absolute Gasteiger partial charge is 0.475 e.